The topological polar surface area (TPSA) is 112 Å². The minimum absolute atomic E-state index is 0.0938. The second-order valence-electron chi connectivity index (χ2n) is 11.9. The van der Waals surface area contributed by atoms with Crippen molar-refractivity contribution in [2.45, 2.75) is 93.3 Å². The number of nitrogens with one attached hydrogen (secondary N) is 2. The fraction of sp³-hybridized carbons (Fsp3) is 0.600. The molecule has 1 saturated heterocycles. The van der Waals surface area contributed by atoms with Gasteiger partial charge >= 0.3 is 0 Å². The van der Waals surface area contributed by atoms with Gasteiger partial charge in [-0.1, -0.05) is 73.4 Å². The second-order valence-corrected chi connectivity index (χ2v) is 12.8. The van der Waals surface area contributed by atoms with E-state index >= 15 is 0 Å². The number of phenolic OH excluding ortho intramolecular Hbond substituents is 1. The van der Waals surface area contributed by atoms with Gasteiger partial charge in [-0.2, -0.15) is 0 Å². The van der Waals surface area contributed by atoms with Crippen molar-refractivity contribution in [3.63, 3.8) is 0 Å². The smallest absolute Gasteiger partial charge is 0.246 e. The number of carbonyl (C=O) groups excluding carboxylic acids is 3. The molecular formula is C30H46N4O4S. The number of likely N-dealkylation sites (tertiary alicyclic amines) is 1. The van der Waals surface area contributed by atoms with Crippen molar-refractivity contribution in [3.05, 3.63) is 35.0 Å². The van der Waals surface area contributed by atoms with Crippen LogP contribution in [-0.2, 0) is 20.9 Å². The van der Waals surface area contributed by atoms with E-state index in [-0.39, 0.29) is 30.0 Å². The van der Waals surface area contributed by atoms with Crippen LogP contribution in [0.4, 0.5) is 0 Å². The molecule has 3 unspecified atom stereocenters. The maximum Gasteiger partial charge on any atom is 0.246 e. The Bertz CT molecular complexity index is 1110. The van der Waals surface area contributed by atoms with Crippen LogP contribution in [0.5, 0.6) is 5.75 Å². The summed E-state index contributed by atoms with van der Waals surface area (Å²) in [5.41, 5.74) is 3.64. The highest BCUT2D eigenvalue weighted by molar-refractivity contribution is 7.13. The zero-order valence-corrected chi connectivity index (χ0v) is 25.5. The predicted octanol–water partition coefficient (Wildman–Crippen LogP) is 5.28. The molecule has 39 heavy (non-hydrogen) atoms. The molecule has 1 aliphatic rings. The Balaban J connectivity index is 0.000000798. The molecule has 1 fully saturated rings. The Morgan fingerprint density at radius 3 is 2.46 bits per heavy atom. The molecule has 3 atom stereocenters. The first-order chi connectivity index (χ1) is 18.3. The van der Waals surface area contributed by atoms with Crippen LogP contribution in [-0.4, -0.2) is 51.8 Å². The molecule has 9 heteroatoms. The van der Waals surface area contributed by atoms with Gasteiger partial charge in [0.25, 0.3) is 0 Å². The monoisotopic (exact) mass is 558 g/mol. The van der Waals surface area contributed by atoms with E-state index in [4.69, 9.17) is 0 Å². The Morgan fingerprint density at radius 2 is 1.97 bits per heavy atom. The van der Waals surface area contributed by atoms with Gasteiger partial charge in [-0.15, -0.1) is 11.3 Å². The number of hydrogen-bond donors (Lipinski definition) is 3. The van der Waals surface area contributed by atoms with Crippen molar-refractivity contribution >= 4 is 29.6 Å². The lowest BCUT2D eigenvalue weighted by atomic mass is 9.85. The average molecular weight is 559 g/mol. The lowest BCUT2D eigenvalue weighted by Gasteiger charge is -2.34. The van der Waals surface area contributed by atoms with E-state index in [0.717, 1.165) is 22.1 Å². The van der Waals surface area contributed by atoms with E-state index in [2.05, 4.69) is 36.4 Å². The van der Waals surface area contributed by atoms with E-state index in [9.17, 15) is 19.5 Å². The number of thiazole rings is 1. The van der Waals surface area contributed by atoms with Crippen molar-refractivity contribution in [2.75, 3.05) is 6.54 Å². The minimum atomic E-state index is -0.720. The van der Waals surface area contributed by atoms with Gasteiger partial charge in [-0.25, -0.2) is 4.98 Å². The van der Waals surface area contributed by atoms with Crippen LogP contribution in [0.2, 0.25) is 0 Å². The number of amides is 3. The molecule has 1 aliphatic heterocycles. The van der Waals surface area contributed by atoms with Gasteiger partial charge in [-0.3, -0.25) is 14.4 Å². The van der Waals surface area contributed by atoms with Gasteiger partial charge in [-0.05, 0) is 42.2 Å². The third-order valence-electron chi connectivity index (χ3n) is 6.86. The molecule has 216 valence electrons. The first-order valence-electron chi connectivity index (χ1n) is 13.8. The number of aryl methyl sites for hydroxylation is 1. The summed E-state index contributed by atoms with van der Waals surface area (Å²) >= 11 is 1.51. The number of phenols is 1. The SMILES string of the molecule is CCCC(C)C.Cc1ncsc1-c1ccc(CNC(=O)C2CC(C)CN2C(=O)C(NC=O)C(C)(C)C)c(O)c1. The van der Waals surface area contributed by atoms with Crippen molar-refractivity contribution in [1.29, 1.82) is 0 Å². The fourth-order valence-corrected chi connectivity index (χ4v) is 5.58. The summed E-state index contributed by atoms with van der Waals surface area (Å²) in [5, 5.41) is 16.0. The molecule has 8 nitrogen and oxygen atoms in total. The lowest BCUT2D eigenvalue weighted by molar-refractivity contribution is -0.143. The van der Waals surface area contributed by atoms with Crippen LogP contribution >= 0.6 is 11.3 Å². The first kappa shape index (κ1) is 32.3. The van der Waals surface area contributed by atoms with E-state index in [1.807, 2.05) is 40.7 Å². The standard InChI is InChI=1S/C24H32N4O4S.C6H14/c1-14-8-18(28(11-14)23(32)21(26-12-29)24(3,4)5)22(31)25-10-17-7-6-16(9-19(17)30)20-15(2)27-13-33-20;1-4-5-6(2)3/h6-7,9,12-14,18,21,30H,8,10-11H2,1-5H3,(H,25,31)(H,26,29);6H,4-5H2,1-3H3. The molecule has 0 bridgehead atoms. The van der Waals surface area contributed by atoms with Gasteiger partial charge < -0.3 is 20.6 Å². The van der Waals surface area contributed by atoms with E-state index in [1.165, 1.54) is 24.2 Å². The largest absolute Gasteiger partial charge is 0.508 e. The average Bonchev–Trinajstić information content (AvgIpc) is 3.46. The molecule has 1 aromatic heterocycles. The minimum Gasteiger partial charge on any atom is -0.508 e. The number of benzene rings is 1. The molecule has 2 heterocycles. The van der Waals surface area contributed by atoms with E-state index in [1.54, 1.807) is 22.5 Å². The molecular weight excluding hydrogens is 512 g/mol. The molecule has 3 amide bonds. The highest BCUT2D eigenvalue weighted by Gasteiger charge is 2.43. The Kier molecular flexibility index (Phi) is 12.0. The molecule has 0 spiro atoms. The molecule has 3 rings (SSSR count). The Labute approximate surface area is 237 Å². The summed E-state index contributed by atoms with van der Waals surface area (Å²) < 4.78 is 0. The highest BCUT2D eigenvalue weighted by atomic mass is 32.1. The van der Waals surface area contributed by atoms with Crippen LogP contribution in [0, 0.1) is 24.2 Å². The highest BCUT2D eigenvalue weighted by Crippen LogP contribution is 2.32. The number of aromatic hydroxyl groups is 1. The second kappa shape index (κ2) is 14.4. The van der Waals surface area contributed by atoms with E-state index < -0.39 is 17.5 Å². The van der Waals surface area contributed by atoms with Crippen LogP contribution in [0.15, 0.2) is 23.7 Å². The third-order valence-corrected chi connectivity index (χ3v) is 7.83. The van der Waals surface area contributed by atoms with Gasteiger partial charge in [0.1, 0.15) is 17.8 Å². The lowest BCUT2D eigenvalue weighted by Crippen LogP contribution is -2.56. The van der Waals surface area contributed by atoms with Crippen LogP contribution in [0.1, 0.15) is 79.0 Å². The summed E-state index contributed by atoms with van der Waals surface area (Å²) in [7, 11) is 0. The fourth-order valence-electron chi connectivity index (χ4n) is 4.77. The summed E-state index contributed by atoms with van der Waals surface area (Å²) in [4.78, 5) is 44.2. The maximum atomic E-state index is 13.2. The first-order valence-corrected chi connectivity index (χ1v) is 14.7. The molecule has 0 aliphatic carbocycles. The van der Waals surface area contributed by atoms with Crippen molar-refractivity contribution in [1.82, 2.24) is 20.5 Å². The normalized spacial score (nSPS) is 17.8. The summed E-state index contributed by atoms with van der Waals surface area (Å²) in [6.07, 6.45) is 3.78. The van der Waals surface area contributed by atoms with E-state index in [0.29, 0.717) is 24.9 Å². The zero-order valence-electron chi connectivity index (χ0n) is 24.7. The molecule has 0 radical (unpaired) electrons. The summed E-state index contributed by atoms with van der Waals surface area (Å²) in [6.45, 7) is 16.9. The third kappa shape index (κ3) is 9.05. The molecule has 2 aromatic rings. The number of aromatic nitrogens is 1. The van der Waals surface area contributed by atoms with Crippen LogP contribution in [0.25, 0.3) is 10.4 Å². The van der Waals surface area contributed by atoms with Gasteiger partial charge in [0.2, 0.25) is 18.2 Å². The number of nitrogens with zero attached hydrogens (tertiary/aromatic N) is 2. The summed E-state index contributed by atoms with van der Waals surface area (Å²) in [6, 6.07) is 4.02. The number of carbonyl (C=O) groups is 3. The zero-order chi connectivity index (χ0) is 29.3. The van der Waals surface area contributed by atoms with Crippen molar-refractivity contribution in [3.8, 4) is 16.2 Å². The van der Waals surface area contributed by atoms with Gasteiger partial charge in [0.15, 0.2) is 0 Å². The quantitative estimate of drug-likeness (QED) is 0.363. The number of hydrogen-bond acceptors (Lipinski definition) is 6. The van der Waals surface area contributed by atoms with Gasteiger partial charge in [0.05, 0.1) is 16.1 Å². The summed E-state index contributed by atoms with van der Waals surface area (Å²) in [5.74, 6) is 0.627. The predicted molar refractivity (Wildman–Crippen MR) is 157 cm³/mol. The van der Waals surface area contributed by atoms with Gasteiger partial charge in [0, 0.05) is 18.7 Å². The maximum absolute atomic E-state index is 13.2. The molecule has 3 N–H and O–H groups in total. The van der Waals surface area contributed by atoms with Crippen molar-refractivity contribution < 1.29 is 19.5 Å². The Hall–Kier alpha value is -2.94. The van der Waals surface area contributed by atoms with Crippen LogP contribution in [0.3, 0.4) is 0 Å². The van der Waals surface area contributed by atoms with Crippen molar-refractivity contribution in [2.24, 2.45) is 17.3 Å². The molecule has 0 saturated carbocycles. The Morgan fingerprint density at radius 1 is 1.28 bits per heavy atom. The molecule has 1 aromatic carbocycles. The van der Waals surface area contributed by atoms with Crippen LogP contribution < -0.4 is 10.6 Å². The number of rotatable bonds is 9.